The molecule has 8 heteroatoms. The Hall–Kier alpha value is -3.39. The summed E-state index contributed by atoms with van der Waals surface area (Å²) in [5, 5.41) is 7.40. The van der Waals surface area contributed by atoms with Crippen molar-refractivity contribution in [2.45, 2.75) is 57.5 Å². The van der Waals surface area contributed by atoms with Crippen LogP contribution in [0.5, 0.6) is 0 Å². The average Bonchev–Trinajstić information content (AvgIpc) is 3.55. The van der Waals surface area contributed by atoms with Crippen LogP contribution < -0.4 is 10.6 Å². The molecule has 2 N–H and O–H groups in total. The molecule has 36 heavy (non-hydrogen) atoms. The van der Waals surface area contributed by atoms with Gasteiger partial charge in [0.25, 0.3) is 0 Å². The van der Waals surface area contributed by atoms with Gasteiger partial charge in [0.05, 0.1) is 37.2 Å². The molecule has 0 spiro atoms. The summed E-state index contributed by atoms with van der Waals surface area (Å²) in [5.41, 5.74) is 3.48. The zero-order valence-corrected chi connectivity index (χ0v) is 20.8. The molecule has 3 heterocycles. The molecule has 1 atom stereocenters. The van der Waals surface area contributed by atoms with Crippen LogP contribution in [0.2, 0.25) is 0 Å². The summed E-state index contributed by atoms with van der Waals surface area (Å²) in [5.74, 6) is -0.888. The van der Waals surface area contributed by atoms with Crippen molar-refractivity contribution in [3.8, 4) is 0 Å². The van der Waals surface area contributed by atoms with Crippen LogP contribution in [0.3, 0.4) is 0 Å². The Kier molecular flexibility index (Phi) is 7.51. The van der Waals surface area contributed by atoms with Crippen molar-refractivity contribution in [1.29, 1.82) is 0 Å². The molecule has 8 nitrogen and oxygen atoms in total. The lowest BCUT2D eigenvalue weighted by molar-refractivity contribution is -0.119. The van der Waals surface area contributed by atoms with Crippen LogP contribution in [0.25, 0.3) is 11.0 Å². The lowest BCUT2D eigenvalue weighted by Crippen LogP contribution is -2.24. The molecule has 1 saturated heterocycles. The normalized spacial score (nSPS) is 18.3. The minimum absolute atomic E-state index is 0.148. The van der Waals surface area contributed by atoms with Gasteiger partial charge in [-0.2, -0.15) is 0 Å². The van der Waals surface area contributed by atoms with Gasteiger partial charge in [0, 0.05) is 24.6 Å². The molecule has 2 aliphatic rings. The predicted octanol–water partition coefficient (Wildman–Crippen LogP) is 4.79. The number of nitrogens with zero attached hydrogens (tertiary/aromatic N) is 2. The molecule has 2 aromatic heterocycles. The Morgan fingerprint density at radius 1 is 1.14 bits per heavy atom. The van der Waals surface area contributed by atoms with Crippen LogP contribution in [0.1, 0.15) is 54.6 Å². The molecular weight excluding hydrogens is 456 g/mol. The van der Waals surface area contributed by atoms with E-state index in [1.807, 2.05) is 35.0 Å². The van der Waals surface area contributed by atoms with Gasteiger partial charge >= 0.3 is 5.97 Å². The van der Waals surface area contributed by atoms with E-state index in [9.17, 15) is 9.59 Å². The molecule has 0 radical (unpaired) electrons. The summed E-state index contributed by atoms with van der Waals surface area (Å²) < 4.78 is 12.5. The summed E-state index contributed by atoms with van der Waals surface area (Å²) in [6, 6.07) is 12.5. The maximum Gasteiger partial charge on any atom is 0.356 e. The van der Waals surface area contributed by atoms with E-state index in [2.05, 4.69) is 22.8 Å². The standard InChI is InChI=1S/C28H34N4O4/c1-35-28(34)25-24(31-27(33)20-13-15-36-18-20)23-16-22(30-21-10-6-3-7-11-21)17-29-26(23)32(25)14-12-19-8-4-2-5-9-19/h2,4-5,8-9,16-17,20-21,30H,3,6-7,10-15,18H2,1H3,(H,31,33). The number of hydrogen-bond donors (Lipinski definition) is 2. The summed E-state index contributed by atoms with van der Waals surface area (Å²) >= 11 is 0. The van der Waals surface area contributed by atoms with Crippen molar-refractivity contribution in [2.24, 2.45) is 5.92 Å². The van der Waals surface area contributed by atoms with Crippen molar-refractivity contribution in [3.63, 3.8) is 0 Å². The minimum Gasteiger partial charge on any atom is -0.464 e. The van der Waals surface area contributed by atoms with Gasteiger partial charge in [0.1, 0.15) is 5.65 Å². The van der Waals surface area contributed by atoms with Crippen molar-refractivity contribution < 1.29 is 19.1 Å². The van der Waals surface area contributed by atoms with Gasteiger partial charge < -0.3 is 24.7 Å². The van der Waals surface area contributed by atoms with Gasteiger partial charge in [-0.25, -0.2) is 9.78 Å². The van der Waals surface area contributed by atoms with Crippen molar-refractivity contribution in [1.82, 2.24) is 9.55 Å². The lowest BCUT2D eigenvalue weighted by atomic mass is 9.95. The summed E-state index contributed by atoms with van der Waals surface area (Å²) in [6.07, 6.45) is 9.20. The number of anilines is 2. The Labute approximate surface area is 211 Å². The van der Waals surface area contributed by atoms with Gasteiger partial charge in [-0.3, -0.25) is 4.79 Å². The number of ether oxygens (including phenoxy) is 2. The van der Waals surface area contributed by atoms with Crippen LogP contribution >= 0.6 is 0 Å². The number of aromatic nitrogens is 2. The summed E-state index contributed by atoms with van der Waals surface area (Å²) in [6.45, 7) is 1.48. The fourth-order valence-corrected chi connectivity index (χ4v) is 5.29. The van der Waals surface area contributed by atoms with Crippen molar-refractivity contribution in [2.75, 3.05) is 31.0 Å². The van der Waals surface area contributed by atoms with E-state index in [-0.39, 0.29) is 11.8 Å². The zero-order valence-electron chi connectivity index (χ0n) is 20.8. The number of esters is 1. The van der Waals surface area contributed by atoms with E-state index < -0.39 is 5.97 Å². The molecule has 0 bridgehead atoms. The Morgan fingerprint density at radius 3 is 2.67 bits per heavy atom. The third-order valence-corrected chi connectivity index (χ3v) is 7.27. The van der Waals surface area contributed by atoms with Crippen LogP contribution in [0.15, 0.2) is 42.6 Å². The highest BCUT2D eigenvalue weighted by molar-refractivity contribution is 6.11. The molecule has 1 saturated carbocycles. The highest BCUT2D eigenvalue weighted by Gasteiger charge is 2.30. The zero-order chi connectivity index (χ0) is 24.9. The fraction of sp³-hybridized carbons (Fsp3) is 0.464. The molecule has 3 aromatic rings. The third kappa shape index (κ3) is 5.23. The number of nitrogens with one attached hydrogen (secondary N) is 2. The van der Waals surface area contributed by atoms with Gasteiger partial charge in [0.2, 0.25) is 5.91 Å². The number of aryl methyl sites for hydroxylation is 2. The second-order valence-electron chi connectivity index (χ2n) is 9.73. The lowest BCUT2D eigenvalue weighted by Gasteiger charge is -2.23. The maximum atomic E-state index is 13.1. The van der Waals surface area contributed by atoms with Crippen LogP contribution in [-0.4, -0.2) is 47.8 Å². The molecule has 1 aromatic carbocycles. The first-order chi connectivity index (χ1) is 17.6. The molecule has 190 valence electrons. The van der Waals surface area contributed by atoms with E-state index in [1.54, 1.807) is 0 Å². The number of benzene rings is 1. The highest BCUT2D eigenvalue weighted by atomic mass is 16.5. The molecule has 2 fully saturated rings. The molecule has 1 unspecified atom stereocenters. The first-order valence-corrected chi connectivity index (χ1v) is 12.9. The summed E-state index contributed by atoms with van der Waals surface area (Å²) in [7, 11) is 1.36. The number of carbonyl (C=O) groups excluding carboxylic acids is 2. The molecule has 1 aliphatic carbocycles. The van der Waals surface area contributed by atoms with E-state index >= 15 is 0 Å². The van der Waals surface area contributed by atoms with Crippen molar-refractivity contribution in [3.05, 3.63) is 53.9 Å². The maximum absolute atomic E-state index is 13.1. The first-order valence-electron chi connectivity index (χ1n) is 12.9. The SMILES string of the molecule is COC(=O)c1c(NC(=O)C2CCOC2)c2cc(NC3CCCCC3)cnc2n1CCc1ccccc1. The molecule has 1 amide bonds. The predicted molar refractivity (Wildman–Crippen MR) is 139 cm³/mol. The number of rotatable bonds is 8. The van der Waals surface area contributed by atoms with Gasteiger partial charge in [0.15, 0.2) is 5.69 Å². The monoisotopic (exact) mass is 490 g/mol. The van der Waals surface area contributed by atoms with E-state index in [4.69, 9.17) is 14.5 Å². The summed E-state index contributed by atoms with van der Waals surface area (Å²) in [4.78, 5) is 31.0. The van der Waals surface area contributed by atoms with Crippen LogP contribution in [-0.2, 0) is 27.2 Å². The van der Waals surface area contributed by atoms with E-state index in [0.717, 1.165) is 29.5 Å². The highest BCUT2D eigenvalue weighted by Crippen LogP contribution is 2.34. The fourth-order valence-electron chi connectivity index (χ4n) is 5.29. The number of amides is 1. The number of fused-ring (bicyclic) bond motifs is 1. The van der Waals surface area contributed by atoms with E-state index in [1.165, 1.54) is 26.4 Å². The first kappa shape index (κ1) is 24.3. The third-order valence-electron chi connectivity index (χ3n) is 7.27. The topological polar surface area (TPSA) is 94.5 Å². The Morgan fingerprint density at radius 2 is 1.94 bits per heavy atom. The largest absolute Gasteiger partial charge is 0.464 e. The van der Waals surface area contributed by atoms with Crippen molar-refractivity contribution >= 4 is 34.3 Å². The van der Waals surface area contributed by atoms with Gasteiger partial charge in [-0.05, 0) is 37.3 Å². The molecular formula is C28H34N4O4. The van der Waals surface area contributed by atoms with E-state index in [0.29, 0.717) is 55.7 Å². The molecule has 5 rings (SSSR count). The molecule has 1 aliphatic heterocycles. The number of pyridine rings is 1. The van der Waals surface area contributed by atoms with Crippen LogP contribution in [0, 0.1) is 5.92 Å². The van der Waals surface area contributed by atoms with Crippen LogP contribution in [0.4, 0.5) is 11.4 Å². The number of methoxy groups -OCH3 is 1. The minimum atomic E-state index is -0.499. The number of hydrogen-bond acceptors (Lipinski definition) is 6. The average molecular weight is 491 g/mol. The Bertz CT molecular complexity index is 1210. The quantitative estimate of drug-likeness (QED) is 0.441. The van der Waals surface area contributed by atoms with Gasteiger partial charge in [-0.15, -0.1) is 0 Å². The number of carbonyl (C=O) groups is 2. The van der Waals surface area contributed by atoms with Gasteiger partial charge in [-0.1, -0.05) is 49.6 Å². The Balaban J connectivity index is 1.55. The smallest absolute Gasteiger partial charge is 0.356 e. The second-order valence-corrected chi connectivity index (χ2v) is 9.73. The second kappa shape index (κ2) is 11.1.